The Labute approximate surface area is 72.3 Å². The summed E-state index contributed by atoms with van der Waals surface area (Å²) in [6, 6.07) is 0. The lowest BCUT2D eigenvalue weighted by molar-refractivity contribution is -0.129. The van der Waals surface area contributed by atoms with Gasteiger partial charge in [-0.1, -0.05) is 20.8 Å². The first-order valence-electron chi connectivity index (χ1n) is 3.86. The van der Waals surface area contributed by atoms with E-state index in [0.717, 1.165) is 0 Å². The van der Waals surface area contributed by atoms with Gasteiger partial charge in [0.15, 0.2) is 0 Å². The summed E-state index contributed by atoms with van der Waals surface area (Å²) in [5, 5.41) is 0. The Kier molecular flexibility index (Phi) is 3.24. The van der Waals surface area contributed by atoms with Crippen LogP contribution in [0.4, 0.5) is 0 Å². The molecule has 4 nitrogen and oxygen atoms in total. The lowest BCUT2D eigenvalue weighted by Crippen LogP contribution is -2.38. The third kappa shape index (κ3) is 2.53. The molecule has 0 spiro atoms. The molecule has 0 aliphatic rings. The lowest BCUT2D eigenvalue weighted by Gasteiger charge is -2.27. The van der Waals surface area contributed by atoms with E-state index in [1.165, 1.54) is 0 Å². The molecule has 0 aliphatic carbocycles. The highest BCUT2D eigenvalue weighted by molar-refractivity contribution is 5.81. The Balaban J connectivity index is 4.35. The molecule has 4 N–H and O–H groups in total. The van der Waals surface area contributed by atoms with Gasteiger partial charge in [-0.2, -0.15) is 0 Å². The molecule has 0 rings (SSSR count). The largest absolute Gasteiger partial charge is 0.370 e. The number of nitrogens with two attached hydrogens (primary N) is 2. The zero-order valence-corrected chi connectivity index (χ0v) is 7.76. The second-order valence-corrected chi connectivity index (χ2v) is 3.66. The van der Waals surface area contributed by atoms with Crippen molar-refractivity contribution >= 4 is 11.8 Å². The van der Waals surface area contributed by atoms with Crippen molar-refractivity contribution in [3.05, 3.63) is 0 Å². The third-order valence-electron chi connectivity index (χ3n) is 2.37. The van der Waals surface area contributed by atoms with Gasteiger partial charge in [-0.3, -0.25) is 9.59 Å². The second-order valence-electron chi connectivity index (χ2n) is 3.66. The smallest absolute Gasteiger partial charge is 0.223 e. The predicted octanol–water partition coefficient (Wildman–Crippen LogP) is 0.00940. The van der Waals surface area contributed by atoms with E-state index in [1.54, 1.807) is 20.8 Å². The molecule has 0 bridgehead atoms. The molecule has 1 unspecified atom stereocenters. The molecule has 0 saturated heterocycles. The van der Waals surface area contributed by atoms with Crippen molar-refractivity contribution in [3.8, 4) is 0 Å². The fraction of sp³-hybridized carbons (Fsp3) is 0.750. The van der Waals surface area contributed by atoms with Crippen molar-refractivity contribution in [2.24, 2.45) is 22.8 Å². The highest BCUT2D eigenvalue weighted by Crippen LogP contribution is 2.28. The Morgan fingerprint density at radius 3 is 2.00 bits per heavy atom. The van der Waals surface area contributed by atoms with Crippen LogP contribution in [0.15, 0.2) is 0 Å². The topological polar surface area (TPSA) is 86.2 Å². The van der Waals surface area contributed by atoms with E-state index in [4.69, 9.17) is 11.5 Å². The Morgan fingerprint density at radius 1 is 1.33 bits per heavy atom. The van der Waals surface area contributed by atoms with Gasteiger partial charge in [-0.05, 0) is 5.92 Å². The minimum absolute atomic E-state index is 0.118. The molecular formula is C8H16N2O2. The van der Waals surface area contributed by atoms with Gasteiger partial charge in [0.2, 0.25) is 11.8 Å². The van der Waals surface area contributed by atoms with Crippen LogP contribution in [0.3, 0.4) is 0 Å². The first-order valence-corrected chi connectivity index (χ1v) is 3.86. The third-order valence-corrected chi connectivity index (χ3v) is 2.37. The van der Waals surface area contributed by atoms with Crippen LogP contribution < -0.4 is 11.5 Å². The summed E-state index contributed by atoms with van der Waals surface area (Å²) >= 11 is 0. The fourth-order valence-electron chi connectivity index (χ4n) is 0.800. The van der Waals surface area contributed by atoms with Crippen LogP contribution in [0.5, 0.6) is 0 Å². The average molecular weight is 172 g/mol. The van der Waals surface area contributed by atoms with Crippen molar-refractivity contribution in [2.45, 2.75) is 27.2 Å². The molecule has 2 amide bonds. The van der Waals surface area contributed by atoms with Gasteiger partial charge in [0.1, 0.15) is 0 Å². The van der Waals surface area contributed by atoms with Crippen molar-refractivity contribution in [3.63, 3.8) is 0 Å². The molecule has 0 aromatic heterocycles. The van der Waals surface area contributed by atoms with E-state index in [9.17, 15) is 9.59 Å². The quantitative estimate of drug-likeness (QED) is 0.625. The van der Waals surface area contributed by atoms with E-state index in [2.05, 4.69) is 0 Å². The van der Waals surface area contributed by atoms with Crippen LogP contribution in [-0.4, -0.2) is 11.8 Å². The normalized spacial score (nSPS) is 13.9. The SMILES string of the molecule is CC(CC(N)=O)C(C)(C)C(N)=O. The van der Waals surface area contributed by atoms with Crippen LogP contribution in [0.25, 0.3) is 0 Å². The molecule has 0 saturated carbocycles. The van der Waals surface area contributed by atoms with Crippen molar-refractivity contribution in [2.75, 3.05) is 0 Å². The zero-order valence-electron chi connectivity index (χ0n) is 7.76. The Bertz CT molecular complexity index is 199. The minimum Gasteiger partial charge on any atom is -0.370 e. The minimum atomic E-state index is -0.672. The molecule has 0 radical (unpaired) electrons. The van der Waals surface area contributed by atoms with Crippen molar-refractivity contribution in [1.82, 2.24) is 0 Å². The van der Waals surface area contributed by atoms with Crippen LogP contribution in [0.2, 0.25) is 0 Å². The van der Waals surface area contributed by atoms with Crippen molar-refractivity contribution in [1.29, 1.82) is 0 Å². The van der Waals surface area contributed by atoms with E-state index in [0.29, 0.717) is 0 Å². The molecule has 0 heterocycles. The van der Waals surface area contributed by atoms with Crippen molar-refractivity contribution < 1.29 is 9.59 Å². The first kappa shape index (κ1) is 10.9. The van der Waals surface area contributed by atoms with E-state index in [-0.39, 0.29) is 12.3 Å². The van der Waals surface area contributed by atoms with Gasteiger partial charge in [0.25, 0.3) is 0 Å². The lowest BCUT2D eigenvalue weighted by atomic mass is 9.77. The van der Waals surface area contributed by atoms with Crippen LogP contribution in [0.1, 0.15) is 27.2 Å². The van der Waals surface area contributed by atoms with Gasteiger partial charge in [0.05, 0.1) is 0 Å². The van der Waals surface area contributed by atoms with Gasteiger partial charge >= 0.3 is 0 Å². The fourth-order valence-corrected chi connectivity index (χ4v) is 0.800. The number of primary amides is 2. The molecule has 0 aromatic rings. The summed E-state index contributed by atoms with van der Waals surface area (Å²) in [6.45, 7) is 5.21. The molecule has 70 valence electrons. The molecule has 0 aliphatic heterocycles. The standard InChI is InChI=1S/C8H16N2O2/c1-5(4-6(9)11)8(2,3)7(10)12/h5H,4H2,1-3H3,(H2,9,11)(H2,10,12). The number of carbonyl (C=O) groups excluding carboxylic acids is 2. The van der Waals surface area contributed by atoms with E-state index < -0.39 is 17.2 Å². The van der Waals surface area contributed by atoms with E-state index in [1.807, 2.05) is 0 Å². The Hall–Kier alpha value is -1.06. The van der Waals surface area contributed by atoms with Crippen LogP contribution >= 0.6 is 0 Å². The predicted molar refractivity (Wildman–Crippen MR) is 46.0 cm³/mol. The average Bonchev–Trinajstić information content (AvgIpc) is 1.85. The number of amides is 2. The maximum atomic E-state index is 10.9. The monoisotopic (exact) mass is 172 g/mol. The summed E-state index contributed by atoms with van der Waals surface area (Å²) in [5.41, 5.74) is 9.48. The van der Waals surface area contributed by atoms with Crippen LogP contribution in [-0.2, 0) is 9.59 Å². The Morgan fingerprint density at radius 2 is 1.75 bits per heavy atom. The van der Waals surface area contributed by atoms with E-state index >= 15 is 0 Å². The van der Waals surface area contributed by atoms with Gasteiger partial charge < -0.3 is 11.5 Å². The highest BCUT2D eigenvalue weighted by Gasteiger charge is 2.32. The summed E-state index contributed by atoms with van der Waals surface area (Å²) in [7, 11) is 0. The summed E-state index contributed by atoms with van der Waals surface area (Å²) in [6.07, 6.45) is 0.190. The summed E-state index contributed by atoms with van der Waals surface area (Å²) < 4.78 is 0. The summed E-state index contributed by atoms with van der Waals surface area (Å²) in [4.78, 5) is 21.5. The number of hydrogen-bond acceptors (Lipinski definition) is 2. The number of hydrogen-bond donors (Lipinski definition) is 2. The number of rotatable bonds is 4. The van der Waals surface area contributed by atoms with Crippen LogP contribution in [0, 0.1) is 11.3 Å². The molecule has 0 aromatic carbocycles. The maximum Gasteiger partial charge on any atom is 0.223 e. The molecule has 4 heteroatoms. The summed E-state index contributed by atoms with van der Waals surface area (Å²) in [5.74, 6) is -0.930. The van der Waals surface area contributed by atoms with Gasteiger partial charge in [0, 0.05) is 11.8 Å². The molecule has 12 heavy (non-hydrogen) atoms. The number of carbonyl (C=O) groups is 2. The second kappa shape index (κ2) is 3.56. The zero-order chi connectivity index (χ0) is 9.94. The van der Waals surface area contributed by atoms with Gasteiger partial charge in [-0.15, -0.1) is 0 Å². The maximum absolute atomic E-state index is 10.9. The van der Waals surface area contributed by atoms with Gasteiger partial charge in [-0.25, -0.2) is 0 Å². The molecular weight excluding hydrogens is 156 g/mol. The molecule has 1 atom stereocenters. The highest BCUT2D eigenvalue weighted by atomic mass is 16.1. The molecule has 0 fully saturated rings. The first-order chi connectivity index (χ1) is 5.28.